The topological polar surface area (TPSA) is 53.4 Å². The van der Waals surface area contributed by atoms with Crippen LogP contribution in [0.15, 0.2) is 24.3 Å². The Morgan fingerprint density at radius 2 is 1.91 bits per heavy atom. The predicted octanol–water partition coefficient (Wildman–Crippen LogP) is 4.37. The predicted molar refractivity (Wildman–Crippen MR) is 89.6 cm³/mol. The number of carbonyl (C=O) groups is 1. The fourth-order valence-corrected chi connectivity index (χ4v) is 2.76. The first-order chi connectivity index (χ1) is 10.8. The van der Waals surface area contributed by atoms with Gasteiger partial charge in [-0.1, -0.05) is 29.3 Å². The minimum atomic E-state index is -0.493. The van der Waals surface area contributed by atoms with Gasteiger partial charge in [0.15, 0.2) is 5.69 Å². The molecule has 23 heavy (non-hydrogen) atoms. The van der Waals surface area contributed by atoms with Crippen LogP contribution in [0.1, 0.15) is 42.9 Å². The monoisotopic (exact) mass is 356 g/mol. The van der Waals surface area contributed by atoms with Crippen LogP contribution in [0.25, 0.3) is 0 Å². The molecule has 0 aliphatic carbocycles. The summed E-state index contributed by atoms with van der Waals surface area (Å²) in [5, 5.41) is 5.41. The zero-order valence-corrected chi connectivity index (χ0v) is 14.9. The first-order valence-electron chi connectivity index (χ1n) is 7.13. The number of aromatic nitrogens is 2. The number of esters is 1. The van der Waals surface area contributed by atoms with Crippen molar-refractivity contribution in [1.82, 2.24) is 9.78 Å². The Hall–Kier alpha value is -1.72. The average Bonchev–Trinajstić information content (AvgIpc) is 2.88. The molecule has 1 atom stereocenters. The second-order valence-corrected chi connectivity index (χ2v) is 6.16. The summed E-state index contributed by atoms with van der Waals surface area (Å²) in [6.45, 7) is 5.65. The smallest absolute Gasteiger partial charge is 0.356 e. The van der Waals surface area contributed by atoms with E-state index in [-0.39, 0.29) is 12.1 Å². The van der Waals surface area contributed by atoms with Crippen molar-refractivity contribution in [3.8, 4) is 5.88 Å². The molecule has 1 aromatic carbocycles. The van der Waals surface area contributed by atoms with E-state index in [1.807, 2.05) is 20.8 Å². The van der Waals surface area contributed by atoms with E-state index in [0.29, 0.717) is 21.6 Å². The van der Waals surface area contributed by atoms with Gasteiger partial charge in [-0.2, -0.15) is 0 Å². The largest absolute Gasteiger partial charge is 0.474 e. The third kappa shape index (κ3) is 3.98. The van der Waals surface area contributed by atoms with Crippen LogP contribution in [0, 0.1) is 0 Å². The summed E-state index contributed by atoms with van der Waals surface area (Å²) < 4.78 is 11.9. The SMILES string of the molecule is COC(=O)c1cc(OC(C)C)nn1C(C)c1ccc(Cl)cc1Cl. The molecule has 0 N–H and O–H groups in total. The molecule has 0 bridgehead atoms. The van der Waals surface area contributed by atoms with Gasteiger partial charge in [-0.3, -0.25) is 0 Å². The Morgan fingerprint density at radius 3 is 2.48 bits per heavy atom. The molecule has 1 heterocycles. The highest BCUT2D eigenvalue weighted by atomic mass is 35.5. The summed E-state index contributed by atoms with van der Waals surface area (Å²) in [5.41, 5.74) is 1.09. The molecule has 124 valence electrons. The number of carbonyl (C=O) groups excluding carboxylic acids is 1. The van der Waals surface area contributed by atoms with Crippen molar-refractivity contribution < 1.29 is 14.3 Å². The lowest BCUT2D eigenvalue weighted by Gasteiger charge is -2.16. The number of ether oxygens (including phenoxy) is 2. The highest BCUT2D eigenvalue weighted by molar-refractivity contribution is 6.35. The van der Waals surface area contributed by atoms with Gasteiger partial charge in [0.25, 0.3) is 0 Å². The maximum atomic E-state index is 12.0. The standard InChI is InChI=1S/C16H18Cl2N2O3/c1-9(2)23-15-8-14(16(21)22-4)20(19-15)10(3)12-6-5-11(17)7-13(12)18/h5-10H,1-4H3. The zero-order chi connectivity index (χ0) is 17.1. The normalized spacial score (nSPS) is 12.3. The first kappa shape index (κ1) is 17.6. The molecular formula is C16H18Cl2N2O3. The molecule has 0 saturated carbocycles. The molecule has 1 unspecified atom stereocenters. The molecule has 5 nitrogen and oxygen atoms in total. The van der Waals surface area contributed by atoms with Gasteiger partial charge in [-0.15, -0.1) is 5.10 Å². The summed E-state index contributed by atoms with van der Waals surface area (Å²) in [7, 11) is 1.32. The first-order valence-corrected chi connectivity index (χ1v) is 7.88. The van der Waals surface area contributed by atoms with Crippen LogP contribution in [0.2, 0.25) is 10.0 Å². The Kier molecular flexibility index (Phi) is 5.55. The second-order valence-electron chi connectivity index (χ2n) is 5.31. The second kappa shape index (κ2) is 7.23. The Bertz CT molecular complexity index is 713. The molecule has 1 aromatic heterocycles. The fraction of sp³-hybridized carbons (Fsp3) is 0.375. The van der Waals surface area contributed by atoms with E-state index < -0.39 is 5.97 Å². The molecule has 2 rings (SSSR count). The molecule has 2 aromatic rings. The van der Waals surface area contributed by atoms with E-state index in [1.54, 1.807) is 28.9 Å². The summed E-state index contributed by atoms with van der Waals surface area (Å²) in [6.07, 6.45) is -0.0572. The number of hydrogen-bond acceptors (Lipinski definition) is 4. The van der Waals surface area contributed by atoms with Gasteiger partial charge in [-0.25, -0.2) is 9.48 Å². The minimum Gasteiger partial charge on any atom is -0.474 e. The van der Waals surface area contributed by atoms with Gasteiger partial charge in [0, 0.05) is 16.1 Å². The van der Waals surface area contributed by atoms with Crippen molar-refractivity contribution >= 4 is 29.2 Å². The van der Waals surface area contributed by atoms with Gasteiger partial charge in [0.1, 0.15) is 0 Å². The van der Waals surface area contributed by atoms with Crippen LogP contribution in [0.4, 0.5) is 0 Å². The maximum absolute atomic E-state index is 12.0. The van der Waals surface area contributed by atoms with Gasteiger partial charge >= 0.3 is 5.97 Å². The summed E-state index contributed by atoms with van der Waals surface area (Å²) >= 11 is 12.2. The number of benzene rings is 1. The van der Waals surface area contributed by atoms with Crippen LogP contribution in [-0.2, 0) is 4.74 Å². The molecule has 7 heteroatoms. The van der Waals surface area contributed by atoms with Crippen molar-refractivity contribution in [2.24, 2.45) is 0 Å². The fourth-order valence-electron chi connectivity index (χ4n) is 2.20. The van der Waals surface area contributed by atoms with E-state index in [4.69, 9.17) is 32.7 Å². The molecule has 0 spiro atoms. The third-order valence-corrected chi connectivity index (χ3v) is 3.81. The Labute approximate surface area is 145 Å². The highest BCUT2D eigenvalue weighted by Gasteiger charge is 2.23. The van der Waals surface area contributed by atoms with E-state index in [1.165, 1.54) is 7.11 Å². The number of methoxy groups -OCH3 is 1. The van der Waals surface area contributed by atoms with Crippen molar-refractivity contribution in [3.63, 3.8) is 0 Å². The van der Waals surface area contributed by atoms with Crippen molar-refractivity contribution in [3.05, 3.63) is 45.6 Å². The molecular weight excluding hydrogens is 339 g/mol. The molecule has 0 aliphatic rings. The number of hydrogen-bond donors (Lipinski definition) is 0. The lowest BCUT2D eigenvalue weighted by Crippen LogP contribution is -2.17. The number of nitrogens with zero attached hydrogens (tertiary/aromatic N) is 2. The molecule has 0 radical (unpaired) electrons. The lowest BCUT2D eigenvalue weighted by molar-refractivity contribution is 0.0585. The van der Waals surface area contributed by atoms with Gasteiger partial charge < -0.3 is 9.47 Å². The Morgan fingerprint density at radius 1 is 1.22 bits per heavy atom. The van der Waals surface area contributed by atoms with Gasteiger partial charge in [-0.05, 0) is 38.5 Å². The van der Waals surface area contributed by atoms with Crippen molar-refractivity contribution in [1.29, 1.82) is 0 Å². The maximum Gasteiger partial charge on any atom is 0.356 e. The third-order valence-electron chi connectivity index (χ3n) is 3.24. The molecule has 0 aliphatic heterocycles. The summed E-state index contributed by atoms with van der Waals surface area (Å²) in [6, 6.07) is 6.47. The number of rotatable bonds is 5. The van der Waals surface area contributed by atoms with Crippen LogP contribution in [-0.4, -0.2) is 29.0 Å². The molecule has 0 amide bonds. The van der Waals surface area contributed by atoms with Crippen molar-refractivity contribution in [2.45, 2.75) is 32.9 Å². The highest BCUT2D eigenvalue weighted by Crippen LogP contribution is 2.30. The molecule has 0 fully saturated rings. The number of halogens is 2. The average molecular weight is 357 g/mol. The Balaban J connectivity index is 2.47. The van der Waals surface area contributed by atoms with E-state index in [2.05, 4.69) is 5.10 Å². The lowest BCUT2D eigenvalue weighted by atomic mass is 10.1. The quantitative estimate of drug-likeness (QED) is 0.746. The van der Waals surface area contributed by atoms with Crippen LogP contribution in [0.5, 0.6) is 5.88 Å². The molecule has 0 saturated heterocycles. The van der Waals surface area contributed by atoms with Crippen LogP contribution in [0.3, 0.4) is 0 Å². The van der Waals surface area contributed by atoms with Crippen LogP contribution >= 0.6 is 23.2 Å². The zero-order valence-electron chi connectivity index (χ0n) is 13.3. The van der Waals surface area contributed by atoms with Gasteiger partial charge in [0.05, 0.1) is 19.3 Å². The summed E-state index contributed by atoms with van der Waals surface area (Å²) in [5.74, 6) is -0.134. The van der Waals surface area contributed by atoms with Gasteiger partial charge in [0.2, 0.25) is 5.88 Å². The van der Waals surface area contributed by atoms with Crippen molar-refractivity contribution in [2.75, 3.05) is 7.11 Å². The minimum absolute atomic E-state index is 0.0572. The van der Waals surface area contributed by atoms with E-state index >= 15 is 0 Å². The van der Waals surface area contributed by atoms with E-state index in [9.17, 15) is 4.79 Å². The van der Waals surface area contributed by atoms with E-state index in [0.717, 1.165) is 5.56 Å². The summed E-state index contributed by atoms with van der Waals surface area (Å²) in [4.78, 5) is 12.0. The van der Waals surface area contributed by atoms with Crippen LogP contribution < -0.4 is 4.74 Å².